The highest BCUT2D eigenvalue weighted by Gasteiger charge is 2.22. The van der Waals surface area contributed by atoms with Gasteiger partial charge < -0.3 is 20.8 Å². The van der Waals surface area contributed by atoms with Gasteiger partial charge in [0, 0.05) is 5.75 Å². The number of aliphatic carboxylic acids is 1. The molecule has 0 saturated heterocycles. The van der Waals surface area contributed by atoms with E-state index in [0.717, 1.165) is 5.56 Å². The molecular formula is C19H23N5O3S2. The molecule has 0 spiro atoms. The second-order valence-corrected chi connectivity index (χ2v) is 9.11. The number of carbonyl (C=O) groups is 1. The number of aliphatic hydroxyl groups excluding tert-OH is 1. The first-order chi connectivity index (χ1) is 13.8. The molecule has 0 amide bonds. The highest BCUT2D eigenvalue weighted by atomic mass is 32.2. The highest BCUT2D eigenvalue weighted by molar-refractivity contribution is 7.98. The first-order valence-electron chi connectivity index (χ1n) is 9.01. The Morgan fingerprint density at radius 3 is 2.62 bits per heavy atom. The number of fused-ring (bicyclic) bond motifs is 1. The number of hydrogen-bond donors (Lipinski definition) is 4. The van der Waals surface area contributed by atoms with Crippen molar-refractivity contribution in [1.29, 1.82) is 0 Å². The van der Waals surface area contributed by atoms with Gasteiger partial charge in [-0.3, -0.25) is 4.79 Å². The molecule has 1 atom stereocenters. The number of nitrogens with one attached hydrogen (secondary N) is 2. The molecule has 1 aromatic carbocycles. The number of anilines is 2. The molecule has 0 radical (unpaired) electrons. The summed E-state index contributed by atoms with van der Waals surface area (Å²) in [6.07, 6.45) is 0. The Hall–Kier alpha value is -2.43. The van der Waals surface area contributed by atoms with Gasteiger partial charge in [-0.25, -0.2) is 9.97 Å². The zero-order valence-corrected chi connectivity index (χ0v) is 18.0. The quantitative estimate of drug-likeness (QED) is 0.297. The monoisotopic (exact) mass is 433 g/mol. The second-order valence-electron chi connectivity index (χ2n) is 7.17. The fourth-order valence-corrected chi connectivity index (χ4v) is 4.08. The minimum atomic E-state index is -0.964. The summed E-state index contributed by atoms with van der Waals surface area (Å²) in [6, 6.07) is 9.24. The SMILES string of the molecule is C[C@H](Nc1nc2nc(SCc3ccccc3)nc(NC(C)(C)CO)c2s1)C(=O)O. The van der Waals surface area contributed by atoms with Crippen LogP contribution in [0.15, 0.2) is 35.5 Å². The van der Waals surface area contributed by atoms with E-state index < -0.39 is 17.6 Å². The molecule has 4 N–H and O–H groups in total. The lowest BCUT2D eigenvalue weighted by molar-refractivity contribution is -0.137. The number of aromatic nitrogens is 3. The number of carboxylic acid groups (broad SMARTS) is 1. The van der Waals surface area contributed by atoms with Crippen molar-refractivity contribution < 1.29 is 15.0 Å². The molecule has 0 saturated carbocycles. The topological polar surface area (TPSA) is 120 Å². The molecule has 0 unspecified atom stereocenters. The van der Waals surface area contributed by atoms with Crippen LogP contribution in [0.4, 0.5) is 10.9 Å². The van der Waals surface area contributed by atoms with E-state index in [-0.39, 0.29) is 6.61 Å². The maximum Gasteiger partial charge on any atom is 0.325 e. The third-order valence-electron chi connectivity index (χ3n) is 4.01. The molecule has 10 heteroatoms. The molecule has 3 rings (SSSR count). The fraction of sp³-hybridized carbons (Fsp3) is 0.368. The van der Waals surface area contributed by atoms with Crippen LogP contribution in [0, 0.1) is 0 Å². The van der Waals surface area contributed by atoms with Crippen LogP contribution in [-0.4, -0.2) is 49.3 Å². The second kappa shape index (κ2) is 8.93. The van der Waals surface area contributed by atoms with E-state index in [1.807, 2.05) is 44.2 Å². The molecule has 29 heavy (non-hydrogen) atoms. The van der Waals surface area contributed by atoms with Gasteiger partial charge in [0.1, 0.15) is 10.7 Å². The minimum Gasteiger partial charge on any atom is -0.480 e. The number of carboxylic acids is 1. The Morgan fingerprint density at radius 1 is 1.24 bits per heavy atom. The normalized spacial score (nSPS) is 12.7. The Morgan fingerprint density at radius 2 is 1.97 bits per heavy atom. The molecule has 0 aliphatic heterocycles. The van der Waals surface area contributed by atoms with Crippen molar-refractivity contribution in [3.63, 3.8) is 0 Å². The van der Waals surface area contributed by atoms with Crippen molar-refractivity contribution in [2.45, 2.75) is 43.3 Å². The van der Waals surface area contributed by atoms with Gasteiger partial charge >= 0.3 is 5.97 Å². The standard InChI is InChI=1S/C19H23N5O3S2/c1-11(16(26)27)20-18-22-14-13(29-18)15(24-19(2,3)10-25)23-17(21-14)28-9-12-7-5-4-6-8-12/h4-8,11,25H,9-10H2,1-3H3,(H,26,27)(H2,20,21,22,23,24)/t11-/m0/s1. The van der Waals surface area contributed by atoms with Gasteiger partial charge in [-0.2, -0.15) is 4.98 Å². The molecule has 3 aromatic rings. The molecule has 2 aromatic heterocycles. The van der Waals surface area contributed by atoms with E-state index in [1.54, 1.807) is 6.92 Å². The average molecular weight is 434 g/mol. The molecule has 8 nitrogen and oxygen atoms in total. The van der Waals surface area contributed by atoms with Crippen molar-refractivity contribution in [3.8, 4) is 0 Å². The molecule has 0 aliphatic rings. The van der Waals surface area contributed by atoms with Crippen LogP contribution in [0.2, 0.25) is 0 Å². The Balaban J connectivity index is 1.93. The van der Waals surface area contributed by atoms with Gasteiger partial charge in [-0.05, 0) is 26.3 Å². The van der Waals surface area contributed by atoms with Gasteiger partial charge in [0.25, 0.3) is 0 Å². The number of nitrogens with zero attached hydrogens (tertiary/aromatic N) is 3. The lowest BCUT2D eigenvalue weighted by Crippen LogP contribution is -2.35. The van der Waals surface area contributed by atoms with Crippen LogP contribution >= 0.6 is 23.1 Å². The number of aliphatic hydroxyl groups is 1. The zero-order valence-electron chi connectivity index (χ0n) is 16.3. The first-order valence-corrected chi connectivity index (χ1v) is 10.8. The van der Waals surface area contributed by atoms with Crippen LogP contribution in [0.3, 0.4) is 0 Å². The number of thioether (sulfide) groups is 1. The van der Waals surface area contributed by atoms with E-state index >= 15 is 0 Å². The van der Waals surface area contributed by atoms with Crippen LogP contribution in [-0.2, 0) is 10.5 Å². The zero-order chi connectivity index (χ0) is 21.0. The third kappa shape index (κ3) is 5.55. The lowest BCUT2D eigenvalue weighted by Gasteiger charge is -2.24. The number of hydrogen-bond acceptors (Lipinski definition) is 9. The Labute approximate surface area is 176 Å². The number of rotatable bonds is 9. The molecule has 0 aliphatic carbocycles. The first kappa shape index (κ1) is 21.3. The number of thiazole rings is 1. The maximum atomic E-state index is 11.1. The van der Waals surface area contributed by atoms with E-state index in [4.69, 9.17) is 5.11 Å². The molecule has 154 valence electrons. The Kier molecular flexibility index (Phi) is 6.56. The summed E-state index contributed by atoms with van der Waals surface area (Å²) < 4.78 is 0.704. The summed E-state index contributed by atoms with van der Waals surface area (Å²) in [6.45, 7) is 5.20. The molecular weight excluding hydrogens is 410 g/mol. The van der Waals surface area contributed by atoms with Crippen LogP contribution in [0.5, 0.6) is 0 Å². The average Bonchev–Trinajstić information content (AvgIpc) is 3.09. The highest BCUT2D eigenvalue weighted by Crippen LogP contribution is 2.34. The molecule has 0 fully saturated rings. The summed E-state index contributed by atoms with van der Waals surface area (Å²) in [5.74, 6) is 0.313. The van der Waals surface area contributed by atoms with Crippen molar-refractivity contribution >= 4 is 50.4 Å². The van der Waals surface area contributed by atoms with Gasteiger partial charge in [-0.1, -0.05) is 53.4 Å². The predicted octanol–water partition coefficient (Wildman–Crippen LogP) is 3.45. The minimum absolute atomic E-state index is 0.0784. The largest absolute Gasteiger partial charge is 0.480 e. The Bertz CT molecular complexity index is 994. The van der Waals surface area contributed by atoms with Gasteiger partial charge in [0.15, 0.2) is 21.8 Å². The smallest absolute Gasteiger partial charge is 0.325 e. The summed E-state index contributed by atoms with van der Waals surface area (Å²) in [4.78, 5) is 24.7. The summed E-state index contributed by atoms with van der Waals surface area (Å²) in [5, 5.41) is 25.9. The summed E-state index contributed by atoms with van der Waals surface area (Å²) in [5.41, 5.74) is 1.05. The summed E-state index contributed by atoms with van der Waals surface area (Å²) in [7, 11) is 0. The van der Waals surface area contributed by atoms with Crippen LogP contribution < -0.4 is 10.6 Å². The third-order valence-corrected chi connectivity index (χ3v) is 5.91. The van der Waals surface area contributed by atoms with E-state index in [2.05, 4.69) is 25.6 Å². The molecule has 2 heterocycles. The van der Waals surface area contributed by atoms with E-state index in [1.165, 1.54) is 23.1 Å². The van der Waals surface area contributed by atoms with Crippen LogP contribution in [0.1, 0.15) is 26.3 Å². The van der Waals surface area contributed by atoms with E-state index in [9.17, 15) is 9.90 Å². The van der Waals surface area contributed by atoms with Gasteiger partial charge in [-0.15, -0.1) is 0 Å². The van der Waals surface area contributed by atoms with Gasteiger partial charge in [0.2, 0.25) is 0 Å². The predicted molar refractivity (Wildman–Crippen MR) is 117 cm³/mol. The van der Waals surface area contributed by atoms with Crippen molar-refractivity contribution in [3.05, 3.63) is 35.9 Å². The van der Waals surface area contributed by atoms with Crippen molar-refractivity contribution in [2.75, 3.05) is 17.2 Å². The molecule has 0 bridgehead atoms. The summed E-state index contributed by atoms with van der Waals surface area (Å²) >= 11 is 2.77. The number of benzene rings is 1. The maximum absolute atomic E-state index is 11.1. The van der Waals surface area contributed by atoms with Crippen molar-refractivity contribution in [1.82, 2.24) is 15.0 Å². The van der Waals surface area contributed by atoms with Crippen LogP contribution in [0.25, 0.3) is 10.3 Å². The van der Waals surface area contributed by atoms with Crippen molar-refractivity contribution in [2.24, 2.45) is 0 Å². The van der Waals surface area contributed by atoms with E-state index in [0.29, 0.717) is 32.2 Å². The fourth-order valence-electron chi connectivity index (χ4n) is 2.34. The van der Waals surface area contributed by atoms with Gasteiger partial charge in [0.05, 0.1) is 12.1 Å². The lowest BCUT2D eigenvalue weighted by atomic mass is 10.1.